The maximum absolute atomic E-state index is 13.5. The second-order valence-corrected chi connectivity index (χ2v) is 10.2. The van der Waals surface area contributed by atoms with Crippen molar-refractivity contribution in [2.75, 3.05) is 4.90 Å². The summed E-state index contributed by atoms with van der Waals surface area (Å²) in [6.07, 6.45) is 4.23. The zero-order valence-corrected chi connectivity index (χ0v) is 21.8. The Balaban J connectivity index is 1.43. The summed E-state index contributed by atoms with van der Waals surface area (Å²) in [5, 5.41) is 11.5. The Bertz CT molecular complexity index is 1590. The SMILES string of the molecule is Cc1cccc(C2/C(=C(/O)c3ccc4c(c3)CCCC4)C(=O)C(=O)N2c2ccc(Oc3ccccc3)cc2)c1. The zero-order chi connectivity index (χ0) is 26.9. The third-order valence-corrected chi connectivity index (χ3v) is 7.52. The monoisotopic (exact) mass is 515 g/mol. The van der Waals surface area contributed by atoms with E-state index in [2.05, 4.69) is 0 Å². The van der Waals surface area contributed by atoms with Crippen molar-refractivity contribution in [3.8, 4) is 11.5 Å². The van der Waals surface area contributed by atoms with Crippen LogP contribution in [0.25, 0.3) is 5.76 Å². The highest BCUT2D eigenvalue weighted by molar-refractivity contribution is 6.51. The number of amides is 1. The number of aryl methyl sites for hydroxylation is 3. The van der Waals surface area contributed by atoms with Crippen LogP contribution in [0, 0.1) is 6.92 Å². The lowest BCUT2D eigenvalue weighted by Crippen LogP contribution is -2.29. The van der Waals surface area contributed by atoms with Crippen LogP contribution >= 0.6 is 0 Å². The van der Waals surface area contributed by atoms with Crippen LogP contribution in [0.1, 0.15) is 46.7 Å². The van der Waals surface area contributed by atoms with Crippen molar-refractivity contribution in [1.82, 2.24) is 0 Å². The van der Waals surface area contributed by atoms with Gasteiger partial charge >= 0.3 is 0 Å². The lowest BCUT2D eigenvalue weighted by atomic mass is 9.88. The minimum Gasteiger partial charge on any atom is -0.507 e. The molecule has 4 aromatic rings. The van der Waals surface area contributed by atoms with Crippen molar-refractivity contribution in [3.63, 3.8) is 0 Å². The number of carbonyl (C=O) groups is 2. The molecule has 6 rings (SSSR count). The molecule has 2 aliphatic rings. The molecule has 0 aromatic heterocycles. The van der Waals surface area contributed by atoms with Crippen molar-refractivity contribution >= 4 is 23.1 Å². The number of rotatable bonds is 5. The van der Waals surface area contributed by atoms with Crippen molar-refractivity contribution in [2.24, 2.45) is 0 Å². The fraction of sp³-hybridized carbons (Fsp3) is 0.176. The number of ketones is 1. The van der Waals surface area contributed by atoms with E-state index in [-0.39, 0.29) is 11.3 Å². The van der Waals surface area contributed by atoms with Gasteiger partial charge in [-0.05, 0) is 91.8 Å². The number of anilines is 1. The van der Waals surface area contributed by atoms with E-state index < -0.39 is 17.7 Å². The van der Waals surface area contributed by atoms with E-state index in [0.717, 1.165) is 36.8 Å². The quantitative estimate of drug-likeness (QED) is 0.172. The van der Waals surface area contributed by atoms with Crippen LogP contribution in [0.2, 0.25) is 0 Å². The summed E-state index contributed by atoms with van der Waals surface area (Å²) in [5.41, 5.74) is 5.46. The Morgan fingerprint density at radius 2 is 1.51 bits per heavy atom. The largest absolute Gasteiger partial charge is 0.507 e. The fourth-order valence-electron chi connectivity index (χ4n) is 5.59. The summed E-state index contributed by atoms with van der Waals surface area (Å²) < 4.78 is 5.91. The number of fused-ring (bicyclic) bond motifs is 1. The first-order chi connectivity index (χ1) is 19.0. The predicted molar refractivity (Wildman–Crippen MR) is 152 cm³/mol. The van der Waals surface area contributed by atoms with Gasteiger partial charge in [0.1, 0.15) is 17.3 Å². The maximum atomic E-state index is 13.5. The van der Waals surface area contributed by atoms with Gasteiger partial charge in [-0.2, -0.15) is 0 Å². The number of aliphatic hydroxyl groups excluding tert-OH is 1. The fourth-order valence-corrected chi connectivity index (χ4v) is 5.59. The molecular formula is C34H29NO4. The minimum atomic E-state index is -0.762. The van der Waals surface area contributed by atoms with Gasteiger partial charge < -0.3 is 9.84 Å². The van der Waals surface area contributed by atoms with Gasteiger partial charge in [0, 0.05) is 11.3 Å². The van der Waals surface area contributed by atoms with Crippen molar-refractivity contribution in [1.29, 1.82) is 0 Å². The molecule has 1 unspecified atom stereocenters. The molecule has 4 aromatic carbocycles. The lowest BCUT2D eigenvalue weighted by molar-refractivity contribution is -0.132. The molecule has 1 aliphatic carbocycles. The molecule has 1 amide bonds. The average molecular weight is 516 g/mol. The molecule has 1 saturated heterocycles. The molecule has 5 heteroatoms. The normalized spacial score (nSPS) is 18.2. The molecule has 1 fully saturated rings. The van der Waals surface area contributed by atoms with Gasteiger partial charge in [-0.15, -0.1) is 0 Å². The number of carbonyl (C=O) groups excluding carboxylic acids is 2. The number of hydrogen-bond donors (Lipinski definition) is 1. The standard InChI is InChI=1S/C34H29NO4/c1-22-8-7-11-25(20-22)31-30(32(36)26-15-14-23-9-5-6-10-24(23)21-26)33(37)34(38)35(31)27-16-18-29(19-17-27)39-28-12-3-2-4-13-28/h2-4,7-8,11-21,31,36H,5-6,9-10H2,1H3/b32-30-. The summed E-state index contributed by atoms with van der Waals surface area (Å²) >= 11 is 0. The van der Waals surface area contributed by atoms with Crippen LogP contribution in [0.3, 0.4) is 0 Å². The minimum absolute atomic E-state index is 0.103. The van der Waals surface area contributed by atoms with Gasteiger partial charge in [0.25, 0.3) is 11.7 Å². The van der Waals surface area contributed by atoms with Crippen LogP contribution < -0.4 is 9.64 Å². The molecule has 0 spiro atoms. The highest BCUT2D eigenvalue weighted by Gasteiger charge is 2.47. The van der Waals surface area contributed by atoms with Gasteiger partial charge in [-0.25, -0.2) is 0 Å². The van der Waals surface area contributed by atoms with Gasteiger partial charge in [-0.1, -0.05) is 60.2 Å². The smallest absolute Gasteiger partial charge is 0.300 e. The maximum Gasteiger partial charge on any atom is 0.300 e. The molecular weight excluding hydrogens is 486 g/mol. The van der Waals surface area contributed by atoms with E-state index in [1.54, 1.807) is 24.3 Å². The Labute approximate surface area is 228 Å². The third kappa shape index (κ3) is 4.72. The number of benzene rings is 4. The summed E-state index contributed by atoms with van der Waals surface area (Å²) in [4.78, 5) is 28.5. The second-order valence-electron chi connectivity index (χ2n) is 10.2. The number of hydrogen-bond acceptors (Lipinski definition) is 4. The van der Waals surface area contributed by atoms with Gasteiger partial charge in [0.2, 0.25) is 0 Å². The molecule has 1 heterocycles. The van der Waals surface area contributed by atoms with Crippen LogP contribution in [-0.2, 0) is 22.4 Å². The first kappa shape index (κ1) is 24.7. The molecule has 194 valence electrons. The highest BCUT2D eigenvalue weighted by Crippen LogP contribution is 2.43. The Morgan fingerprint density at radius 3 is 2.26 bits per heavy atom. The first-order valence-electron chi connectivity index (χ1n) is 13.3. The predicted octanol–water partition coefficient (Wildman–Crippen LogP) is 7.29. The van der Waals surface area contributed by atoms with E-state index in [1.165, 1.54) is 16.0 Å². The molecule has 39 heavy (non-hydrogen) atoms. The number of nitrogens with zero attached hydrogens (tertiary/aromatic N) is 1. The van der Waals surface area contributed by atoms with Crippen LogP contribution in [0.15, 0.2) is 103 Å². The lowest BCUT2D eigenvalue weighted by Gasteiger charge is -2.26. The van der Waals surface area contributed by atoms with Gasteiger partial charge in [-0.3, -0.25) is 14.5 Å². The van der Waals surface area contributed by atoms with Crippen LogP contribution in [0.4, 0.5) is 5.69 Å². The Kier molecular flexibility index (Phi) is 6.49. The molecule has 1 aliphatic heterocycles. The Hall–Kier alpha value is -4.64. The second kappa shape index (κ2) is 10.3. The van der Waals surface area contributed by atoms with E-state index >= 15 is 0 Å². The van der Waals surface area contributed by atoms with Gasteiger partial charge in [0.15, 0.2) is 0 Å². The van der Waals surface area contributed by atoms with Crippen molar-refractivity contribution in [3.05, 3.63) is 130 Å². The highest BCUT2D eigenvalue weighted by atomic mass is 16.5. The van der Waals surface area contributed by atoms with E-state index in [1.807, 2.05) is 79.7 Å². The first-order valence-corrected chi connectivity index (χ1v) is 13.3. The van der Waals surface area contributed by atoms with Crippen LogP contribution in [0.5, 0.6) is 11.5 Å². The van der Waals surface area contributed by atoms with Gasteiger partial charge in [0.05, 0.1) is 11.6 Å². The Morgan fingerprint density at radius 1 is 0.795 bits per heavy atom. The summed E-state index contributed by atoms with van der Waals surface area (Å²) in [6, 6.07) is 29.4. The average Bonchev–Trinajstić information content (AvgIpc) is 3.23. The van der Waals surface area contributed by atoms with E-state index in [9.17, 15) is 14.7 Å². The molecule has 1 N–H and O–H groups in total. The van der Waals surface area contributed by atoms with Crippen molar-refractivity contribution < 1.29 is 19.4 Å². The molecule has 0 bridgehead atoms. The molecule has 5 nitrogen and oxygen atoms in total. The van der Waals surface area contributed by atoms with Crippen LogP contribution in [-0.4, -0.2) is 16.8 Å². The topological polar surface area (TPSA) is 66.8 Å². The number of ether oxygens (including phenoxy) is 1. The van der Waals surface area contributed by atoms with E-state index in [0.29, 0.717) is 22.7 Å². The number of para-hydroxylation sites is 1. The molecule has 0 radical (unpaired) electrons. The number of aliphatic hydroxyl groups is 1. The molecule has 1 atom stereocenters. The molecule has 0 saturated carbocycles. The number of Topliss-reactive ketones (excluding diaryl/α,β-unsaturated/α-hetero) is 1. The zero-order valence-electron chi connectivity index (χ0n) is 21.8. The van der Waals surface area contributed by atoms with E-state index in [4.69, 9.17) is 4.74 Å². The summed E-state index contributed by atoms with van der Waals surface area (Å²) in [6.45, 7) is 1.97. The van der Waals surface area contributed by atoms with Crippen molar-refractivity contribution in [2.45, 2.75) is 38.6 Å². The summed E-state index contributed by atoms with van der Waals surface area (Å²) in [7, 11) is 0. The summed E-state index contributed by atoms with van der Waals surface area (Å²) in [5.74, 6) is -0.183. The third-order valence-electron chi connectivity index (χ3n) is 7.52.